The summed E-state index contributed by atoms with van der Waals surface area (Å²) in [6, 6.07) is 5.71. The van der Waals surface area contributed by atoms with Crippen molar-refractivity contribution < 1.29 is 13.9 Å². The van der Waals surface area contributed by atoms with Crippen LogP contribution in [0.4, 0.5) is 4.39 Å². The average molecular weight is 251 g/mol. The number of ether oxygens (including phenoxy) is 2. The monoisotopic (exact) mass is 251 g/mol. The summed E-state index contributed by atoms with van der Waals surface area (Å²) in [6.07, 6.45) is 3.27. The van der Waals surface area contributed by atoms with Crippen molar-refractivity contribution in [2.24, 2.45) is 0 Å². The van der Waals surface area contributed by atoms with Gasteiger partial charge in [0.1, 0.15) is 6.10 Å². The van der Waals surface area contributed by atoms with Gasteiger partial charge in [0.2, 0.25) is 0 Å². The zero-order valence-corrected chi connectivity index (χ0v) is 10.3. The van der Waals surface area contributed by atoms with Crippen molar-refractivity contribution in [1.29, 1.82) is 0 Å². The highest BCUT2D eigenvalue weighted by Gasteiger charge is 2.23. The molecule has 98 valence electrons. The number of halogens is 1. The molecule has 4 heteroatoms. The van der Waals surface area contributed by atoms with Crippen LogP contribution in [0.3, 0.4) is 0 Å². The summed E-state index contributed by atoms with van der Waals surface area (Å²) < 4.78 is 24.9. The van der Waals surface area contributed by atoms with E-state index in [4.69, 9.17) is 9.47 Å². The van der Waals surface area contributed by atoms with Crippen molar-refractivity contribution >= 4 is 0 Å². The van der Waals surface area contributed by atoms with Crippen LogP contribution in [0.2, 0.25) is 0 Å². The molecule has 0 aromatic heterocycles. The third kappa shape index (κ3) is 2.82. The van der Waals surface area contributed by atoms with Gasteiger partial charge in [0.15, 0.2) is 11.6 Å². The second-order valence-corrected chi connectivity index (χ2v) is 4.99. The van der Waals surface area contributed by atoms with Gasteiger partial charge in [0.05, 0.1) is 13.2 Å². The molecule has 2 aliphatic rings. The Morgan fingerprint density at radius 3 is 2.94 bits per heavy atom. The van der Waals surface area contributed by atoms with Crippen LogP contribution in [0.1, 0.15) is 24.8 Å². The van der Waals surface area contributed by atoms with Crippen LogP contribution in [-0.4, -0.2) is 25.4 Å². The highest BCUT2D eigenvalue weighted by atomic mass is 19.1. The lowest BCUT2D eigenvalue weighted by atomic mass is 10.2. The van der Waals surface area contributed by atoms with Gasteiger partial charge in [0.25, 0.3) is 0 Å². The molecular weight excluding hydrogens is 233 g/mol. The summed E-state index contributed by atoms with van der Waals surface area (Å²) in [7, 11) is 0. The summed E-state index contributed by atoms with van der Waals surface area (Å²) in [6.45, 7) is 1.93. The summed E-state index contributed by atoms with van der Waals surface area (Å²) >= 11 is 0. The minimum absolute atomic E-state index is 0.0124. The Bertz CT molecular complexity index is 414. The van der Waals surface area contributed by atoms with E-state index in [2.05, 4.69) is 5.32 Å². The second kappa shape index (κ2) is 5.24. The SMILES string of the molecule is Fc1cccc(CNC2CC2)c1OC1CCOC1. The first kappa shape index (κ1) is 11.9. The first-order valence-corrected chi connectivity index (χ1v) is 6.58. The van der Waals surface area contributed by atoms with E-state index >= 15 is 0 Å². The van der Waals surface area contributed by atoms with Crippen LogP contribution >= 0.6 is 0 Å². The number of para-hydroxylation sites is 1. The van der Waals surface area contributed by atoms with Crippen molar-refractivity contribution in [1.82, 2.24) is 5.32 Å². The molecule has 3 rings (SSSR count). The Morgan fingerprint density at radius 1 is 1.33 bits per heavy atom. The molecule has 0 bridgehead atoms. The van der Waals surface area contributed by atoms with Crippen molar-refractivity contribution in [2.45, 2.75) is 38.0 Å². The van der Waals surface area contributed by atoms with E-state index in [0.717, 1.165) is 12.0 Å². The van der Waals surface area contributed by atoms with E-state index in [1.807, 2.05) is 6.07 Å². The smallest absolute Gasteiger partial charge is 0.165 e. The third-order valence-corrected chi connectivity index (χ3v) is 3.38. The fourth-order valence-electron chi connectivity index (χ4n) is 2.14. The highest BCUT2D eigenvalue weighted by molar-refractivity contribution is 5.35. The van der Waals surface area contributed by atoms with Gasteiger partial charge >= 0.3 is 0 Å². The average Bonchev–Trinajstić information content (AvgIpc) is 3.06. The quantitative estimate of drug-likeness (QED) is 0.870. The molecule has 1 unspecified atom stereocenters. The number of benzene rings is 1. The van der Waals surface area contributed by atoms with E-state index in [-0.39, 0.29) is 11.9 Å². The molecule has 1 aromatic rings. The van der Waals surface area contributed by atoms with Crippen molar-refractivity contribution in [3.05, 3.63) is 29.6 Å². The van der Waals surface area contributed by atoms with Gasteiger partial charge in [-0.1, -0.05) is 12.1 Å². The first-order valence-electron chi connectivity index (χ1n) is 6.58. The Hall–Kier alpha value is -1.13. The van der Waals surface area contributed by atoms with Gasteiger partial charge < -0.3 is 14.8 Å². The van der Waals surface area contributed by atoms with E-state index in [0.29, 0.717) is 31.5 Å². The molecule has 0 amide bonds. The van der Waals surface area contributed by atoms with Gasteiger partial charge in [-0.25, -0.2) is 4.39 Å². The van der Waals surface area contributed by atoms with Crippen LogP contribution < -0.4 is 10.1 Å². The summed E-state index contributed by atoms with van der Waals surface area (Å²) in [5, 5.41) is 3.39. The van der Waals surface area contributed by atoms with Crippen LogP contribution in [0, 0.1) is 5.82 Å². The lowest BCUT2D eigenvalue weighted by molar-refractivity contribution is 0.137. The Morgan fingerprint density at radius 2 is 2.22 bits per heavy atom. The first-order chi connectivity index (χ1) is 8.83. The minimum atomic E-state index is -0.281. The van der Waals surface area contributed by atoms with Crippen LogP contribution in [-0.2, 0) is 11.3 Å². The van der Waals surface area contributed by atoms with Crippen molar-refractivity contribution in [3.63, 3.8) is 0 Å². The Labute approximate surface area is 106 Å². The van der Waals surface area contributed by atoms with E-state index < -0.39 is 0 Å². The maximum absolute atomic E-state index is 13.9. The molecule has 0 spiro atoms. The molecule has 2 fully saturated rings. The zero-order chi connectivity index (χ0) is 12.4. The highest BCUT2D eigenvalue weighted by Crippen LogP contribution is 2.27. The predicted molar refractivity (Wildman–Crippen MR) is 66.1 cm³/mol. The fraction of sp³-hybridized carbons (Fsp3) is 0.571. The molecule has 0 radical (unpaired) electrons. The predicted octanol–water partition coefficient (Wildman–Crippen LogP) is 2.25. The maximum Gasteiger partial charge on any atom is 0.165 e. The molecule has 1 aliphatic heterocycles. The van der Waals surface area contributed by atoms with Gasteiger partial charge in [-0.15, -0.1) is 0 Å². The standard InChI is InChI=1S/C14H18FNO2/c15-13-3-1-2-10(8-16-11-4-5-11)14(13)18-12-6-7-17-9-12/h1-3,11-12,16H,4-9H2. The number of nitrogens with one attached hydrogen (secondary N) is 1. The molecule has 1 aromatic carbocycles. The van der Waals surface area contributed by atoms with Gasteiger partial charge in [-0.3, -0.25) is 0 Å². The molecule has 1 aliphatic carbocycles. The molecule has 1 saturated carbocycles. The lowest BCUT2D eigenvalue weighted by Gasteiger charge is -2.16. The molecule has 1 heterocycles. The lowest BCUT2D eigenvalue weighted by Crippen LogP contribution is -2.20. The number of rotatable bonds is 5. The van der Waals surface area contributed by atoms with Crippen LogP contribution in [0.15, 0.2) is 18.2 Å². The van der Waals surface area contributed by atoms with Gasteiger partial charge in [-0.2, -0.15) is 0 Å². The summed E-state index contributed by atoms with van der Waals surface area (Å²) in [4.78, 5) is 0. The summed E-state index contributed by atoms with van der Waals surface area (Å²) in [5.74, 6) is 0.109. The topological polar surface area (TPSA) is 30.5 Å². The van der Waals surface area contributed by atoms with E-state index in [9.17, 15) is 4.39 Å². The Balaban J connectivity index is 1.71. The third-order valence-electron chi connectivity index (χ3n) is 3.38. The minimum Gasteiger partial charge on any atom is -0.485 e. The largest absolute Gasteiger partial charge is 0.485 e. The molecule has 1 saturated heterocycles. The normalized spacial score (nSPS) is 23.3. The van der Waals surface area contributed by atoms with Crippen LogP contribution in [0.25, 0.3) is 0 Å². The molecule has 1 N–H and O–H groups in total. The van der Waals surface area contributed by atoms with Crippen LogP contribution in [0.5, 0.6) is 5.75 Å². The zero-order valence-electron chi connectivity index (χ0n) is 10.3. The summed E-state index contributed by atoms with van der Waals surface area (Å²) in [5.41, 5.74) is 0.897. The molecular formula is C14H18FNO2. The fourth-order valence-corrected chi connectivity index (χ4v) is 2.14. The second-order valence-electron chi connectivity index (χ2n) is 4.99. The van der Waals surface area contributed by atoms with Gasteiger partial charge in [0, 0.05) is 24.6 Å². The number of hydrogen-bond acceptors (Lipinski definition) is 3. The van der Waals surface area contributed by atoms with Crippen molar-refractivity contribution in [3.8, 4) is 5.75 Å². The van der Waals surface area contributed by atoms with Gasteiger partial charge in [-0.05, 0) is 18.9 Å². The Kier molecular flexibility index (Phi) is 3.48. The molecule has 1 atom stereocenters. The maximum atomic E-state index is 13.9. The van der Waals surface area contributed by atoms with E-state index in [1.165, 1.54) is 18.9 Å². The van der Waals surface area contributed by atoms with Crippen molar-refractivity contribution in [2.75, 3.05) is 13.2 Å². The van der Waals surface area contributed by atoms with E-state index in [1.54, 1.807) is 6.07 Å². The number of hydrogen-bond donors (Lipinski definition) is 1. The molecule has 3 nitrogen and oxygen atoms in total. The molecule has 18 heavy (non-hydrogen) atoms.